The lowest BCUT2D eigenvalue weighted by atomic mass is 9.86. The minimum atomic E-state index is 0.848. The summed E-state index contributed by atoms with van der Waals surface area (Å²) in [7, 11) is 0.848. The number of hydrogen-bond acceptors (Lipinski definition) is 3. The number of rotatable bonds is 0. The molecule has 4 heteroatoms. The lowest BCUT2D eigenvalue weighted by molar-refractivity contribution is 0.579. The highest BCUT2D eigenvalue weighted by Gasteiger charge is 2.33. The Hall–Kier alpha value is -2.75. The first-order valence-corrected chi connectivity index (χ1v) is 7.59. The number of nitrogens with zero attached hydrogens (tertiary/aromatic N) is 3. The fourth-order valence-corrected chi connectivity index (χ4v) is 3.43. The molecule has 5 rings (SSSR count). The zero-order valence-corrected chi connectivity index (χ0v) is 12.1. The number of anilines is 1. The predicted octanol–water partition coefficient (Wildman–Crippen LogP) is 2.91. The van der Waals surface area contributed by atoms with Gasteiger partial charge in [0.25, 0.3) is 0 Å². The molecule has 0 fully saturated rings. The Balaban J connectivity index is 1.80. The summed E-state index contributed by atoms with van der Waals surface area (Å²) in [6.45, 7) is 0.920. The maximum atomic E-state index is 4.94. The van der Waals surface area contributed by atoms with Gasteiger partial charge < -0.3 is 9.62 Å². The fraction of sp³-hybridized carbons (Fsp3) is 0.0556. The van der Waals surface area contributed by atoms with E-state index in [0.717, 1.165) is 25.8 Å². The van der Waals surface area contributed by atoms with Crippen LogP contribution in [0.3, 0.4) is 0 Å². The summed E-state index contributed by atoms with van der Waals surface area (Å²) >= 11 is 0. The first-order valence-electron chi connectivity index (χ1n) is 7.59. The number of allylic oxidation sites excluding steroid dienone is 2. The van der Waals surface area contributed by atoms with Crippen LogP contribution in [-0.2, 0) is 0 Å². The standard InChI is InChI=1S/C18H14BN3/c1-2-9-15-13(7-1)14-8-3-4-10-16(14)22-18(15)20-17-11-5-6-12-21(17)19-22/h1-11,19H,12H2. The van der Waals surface area contributed by atoms with Crippen molar-refractivity contribution in [2.45, 2.75) is 0 Å². The van der Waals surface area contributed by atoms with Crippen molar-refractivity contribution in [3.63, 3.8) is 0 Å². The van der Waals surface area contributed by atoms with E-state index in [0.29, 0.717) is 0 Å². The maximum absolute atomic E-state index is 4.94. The van der Waals surface area contributed by atoms with Crippen molar-refractivity contribution < 1.29 is 0 Å². The van der Waals surface area contributed by atoms with Crippen LogP contribution in [0.5, 0.6) is 0 Å². The molecule has 3 aliphatic rings. The highest BCUT2D eigenvalue weighted by Crippen LogP contribution is 2.40. The number of para-hydroxylation sites is 1. The normalized spacial score (nSPS) is 17.5. The van der Waals surface area contributed by atoms with Gasteiger partial charge in [-0.05, 0) is 17.7 Å². The Bertz CT molecular complexity index is 866. The van der Waals surface area contributed by atoms with Crippen molar-refractivity contribution in [1.82, 2.24) is 4.81 Å². The molecule has 104 valence electrons. The van der Waals surface area contributed by atoms with Gasteiger partial charge in [-0.1, -0.05) is 54.6 Å². The Morgan fingerprint density at radius 3 is 2.59 bits per heavy atom. The predicted molar refractivity (Wildman–Crippen MR) is 92.0 cm³/mol. The average molecular weight is 283 g/mol. The van der Waals surface area contributed by atoms with Gasteiger partial charge in [0, 0.05) is 23.4 Å². The third kappa shape index (κ3) is 1.55. The smallest absolute Gasteiger partial charge is 0.364 e. The van der Waals surface area contributed by atoms with Crippen LogP contribution < -0.4 is 4.81 Å². The molecule has 0 aromatic heterocycles. The third-order valence-corrected chi connectivity index (χ3v) is 4.47. The van der Waals surface area contributed by atoms with E-state index in [1.165, 1.54) is 22.4 Å². The highest BCUT2D eigenvalue weighted by molar-refractivity contribution is 6.52. The molecule has 22 heavy (non-hydrogen) atoms. The van der Waals surface area contributed by atoms with Gasteiger partial charge in [0.15, 0.2) is 0 Å². The second-order valence-corrected chi connectivity index (χ2v) is 5.74. The SMILES string of the molecule is B1N2CC=CC=C2N=C2c3ccccc3-c3ccccc3N12. The summed E-state index contributed by atoms with van der Waals surface area (Å²) in [4.78, 5) is 9.57. The van der Waals surface area contributed by atoms with E-state index < -0.39 is 0 Å². The van der Waals surface area contributed by atoms with Crippen LogP contribution in [0.25, 0.3) is 11.1 Å². The molecule has 3 aliphatic heterocycles. The second kappa shape index (κ2) is 4.37. The minimum absolute atomic E-state index is 0.848. The molecule has 0 aliphatic carbocycles. The summed E-state index contributed by atoms with van der Waals surface area (Å²) in [5, 5.41) is 0. The number of aliphatic imine (C=N–C) groups is 1. The summed E-state index contributed by atoms with van der Waals surface area (Å²) in [5.41, 5.74) is 5.02. The zero-order valence-electron chi connectivity index (χ0n) is 12.1. The highest BCUT2D eigenvalue weighted by atomic mass is 15.3. The lowest BCUT2D eigenvalue weighted by Crippen LogP contribution is -2.50. The number of amidine groups is 1. The topological polar surface area (TPSA) is 18.8 Å². The van der Waals surface area contributed by atoms with Crippen LogP contribution in [0.2, 0.25) is 0 Å². The number of hydrogen-bond donors (Lipinski definition) is 0. The van der Waals surface area contributed by atoms with Gasteiger partial charge in [0.1, 0.15) is 11.7 Å². The molecule has 0 amide bonds. The van der Waals surface area contributed by atoms with Crippen LogP contribution in [-0.4, -0.2) is 24.7 Å². The van der Waals surface area contributed by atoms with E-state index in [9.17, 15) is 0 Å². The molecular formula is C18H14BN3. The Morgan fingerprint density at radius 2 is 1.68 bits per heavy atom. The maximum Gasteiger partial charge on any atom is 0.364 e. The molecule has 2 aromatic carbocycles. The Morgan fingerprint density at radius 1 is 0.909 bits per heavy atom. The van der Waals surface area contributed by atoms with Crippen molar-refractivity contribution in [2.75, 3.05) is 11.4 Å². The van der Waals surface area contributed by atoms with Gasteiger partial charge in [0.05, 0.1) is 0 Å². The lowest BCUT2D eigenvalue weighted by Gasteiger charge is -2.41. The summed E-state index contributed by atoms with van der Waals surface area (Å²) < 4.78 is 0. The largest absolute Gasteiger partial charge is 0.380 e. The van der Waals surface area contributed by atoms with Crippen LogP contribution in [0.15, 0.2) is 77.6 Å². The van der Waals surface area contributed by atoms with Crippen LogP contribution >= 0.6 is 0 Å². The van der Waals surface area contributed by atoms with Crippen molar-refractivity contribution >= 4 is 19.1 Å². The molecule has 0 N–H and O–H groups in total. The van der Waals surface area contributed by atoms with Crippen molar-refractivity contribution in [1.29, 1.82) is 0 Å². The summed E-state index contributed by atoms with van der Waals surface area (Å²) in [6.07, 6.45) is 6.36. The number of benzene rings is 2. The van der Waals surface area contributed by atoms with Gasteiger partial charge in [-0.15, -0.1) is 0 Å². The first-order chi connectivity index (χ1) is 10.9. The van der Waals surface area contributed by atoms with Gasteiger partial charge in [-0.3, -0.25) is 0 Å². The van der Waals surface area contributed by atoms with Gasteiger partial charge in [-0.25, -0.2) is 4.99 Å². The minimum Gasteiger partial charge on any atom is -0.380 e. The van der Waals surface area contributed by atoms with E-state index in [4.69, 9.17) is 4.99 Å². The van der Waals surface area contributed by atoms with E-state index >= 15 is 0 Å². The molecule has 0 spiro atoms. The molecule has 0 radical (unpaired) electrons. The fourth-order valence-electron chi connectivity index (χ4n) is 3.43. The quantitative estimate of drug-likeness (QED) is 0.692. The molecule has 0 saturated heterocycles. The first kappa shape index (κ1) is 11.9. The average Bonchev–Trinajstić information content (AvgIpc) is 2.61. The molecule has 0 atom stereocenters. The third-order valence-electron chi connectivity index (χ3n) is 4.47. The molecule has 3 heterocycles. The van der Waals surface area contributed by atoms with E-state index in [2.05, 4.69) is 76.4 Å². The molecule has 2 aromatic rings. The molecule has 0 saturated carbocycles. The molecule has 0 unspecified atom stereocenters. The van der Waals surface area contributed by atoms with Crippen LogP contribution in [0, 0.1) is 0 Å². The zero-order chi connectivity index (χ0) is 14.5. The molecule has 3 nitrogen and oxygen atoms in total. The Labute approximate surface area is 130 Å². The van der Waals surface area contributed by atoms with Gasteiger partial charge >= 0.3 is 7.55 Å². The number of fused-ring (bicyclic) bond motifs is 7. The van der Waals surface area contributed by atoms with Gasteiger partial charge in [0.2, 0.25) is 0 Å². The van der Waals surface area contributed by atoms with Crippen molar-refractivity contribution in [3.05, 3.63) is 78.1 Å². The molecule has 0 bridgehead atoms. The second-order valence-electron chi connectivity index (χ2n) is 5.74. The van der Waals surface area contributed by atoms with Crippen LogP contribution in [0.1, 0.15) is 5.56 Å². The van der Waals surface area contributed by atoms with E-state index in [1.54, 1.807) is 0 Å². The van der Waals surface area contributed by atoms with E-state index in [1.807, 2.05) is 0 Å². The monoisotopic (exact) mass is 283 g/mol. The van der Waals surface area contributed by atoms with Crippen molar-refractivity contribution in [3.8, 4) is 11.1 Å². The van der Waals surface area contributed by atoms with Crippen LogP contribution in [0.4, 0.5) is 5.69 Å². The molecular weight excluding hydrogens is 269 g/mol. The summed E-state index contributed by atoms with van der Waals surface area (Å²) in [5.74, 6) is 2.12. The van der Waals surface area contributed by atoms with Crippen molar-refractivity contribution in [2.24, 2.45) is 4.99 Å². The summed E-state index contributed by atoms with van der Waals surface area (Å²) in [6, 6.07) is 17.2. The van der Waals surface area contributed by atoms with E-state index in [-0.39, 0.29) is 0 Å². The van der Waals surface area contributed by atoms with Gasteiger partial charge in [-0.2, -0.15) is 0 Å². The Kier molecular flexibility index (Phi) is 2.36.